The fraction of sp³-hybridized carbons (Fsp3) is 0.350. The van der Waals surface area contributed by atoms with Gasteiger partial charge in [0, 0.05) is 19.0 Å². The van der Waals surface area contributed by atoms with E-state index < -0.39 is 21.7 Å². The van der Waals surface area contributed by atoms with Crippen LogP contribution in [0.2, 0.25) is 0 Å². The van der Waals surface area contributed by atoms with Crippen LogP contribution < -0.4 is 14.3 Å². The van der Waals surface area contributed by atoms with Gasteiger partial charge in [-0.1, -0.05) is 23.5 Å². The van der Waals surface area contributed by atoms with Gasteiger partial charge in [-0.2, -0.15) is 0 Å². The number of sulfonamides is 1. The van der Waals surface area contributed by atoms with E-state index in [2.05, 4.69) is 4.72 Å². The highest BCUT2D eigenvalue weighted by Crippen LogP contribution is 2.40. The van der Waals surface area contributed by atoms with Gasteiger partial charge in [-0.3, -0.25) is 4.79 Å². The van der Waals surface area contributed by atoms with Crippen molar-refractivity contribution in [3.8, 4) is 5.75 Å². The van der Waals surface area contributed by atoms with Gasteiger partial charge in [0.05, 0.1) is 21.2 Å². The van der Waals surface area contributed by atoms with Crippen LogP contribution in [0.1, 0.15) is 37.4 Å². The average molecular weight is 419 g/mol. The van der Waals surface area contributed by atoms with Crippen LogP contribution in [-0.2, 0) is 17.1 Å². The van der Waals surface area contributed by atoms with Crippen LogP contribution in [0.4, 0.5) is 0 Å². The SMILES string of the molecule is Cc1ccc2c(c1)OC(C)(C)CC2NS(=O)(=O)c1ccc2c(c1)sc(=O)n2C. The van der Waals surface area contributed by atoms with Gasteiger partial charge in [0.15, 0.2) is 0 Å². The second-order valence-corrected chi connectivity index (χ2v) is 10.5. The van der Waals surface area contributed by atoms with E-state index in [0.29, 0.717) is 16.9 Å². The summed E-state index contributed by atoms with van der Waals surface area (Å²) in [7, 11) is -2.09. The van der Waals surface area contributed by atoms with Crippen LogP contribution in [0.3, 0.4) is 0 Å². The second-order valence-electron chi connectivity index (χ2n) is 7.84. The van der Waals surface area contributed by atoms with E-state index in [1.165, 1.54) is 10.6 Å². The van der Waals surface area contributed by atoms with Gasteiger partial charge in [0.1, 0.15) is 11.4 Å². The van der Waals surface area contributed by atoms with Gasteiger partial charge in [0.2, 0.25) is 10.0 Å². The molecule has 2 heterocycles. The third-order valence-electron chi connectivity index (χ3n) is 5.00. The average Bonchev–Trinajstić information content (AvgIpc) is 2.87. The number of benzene rings is 2. The van der Waals surface area contributed by atoms with Crippen molar-refractivity contribution in [1.29, 1.82) is 0 Å². The lowest BCUT2D eigenvalue weighted by atomic mass is 9.90. The molecule has 3 aromatic rings. The normalized spacial score (nSPS) is 18.6. The Labute approximate surface area is 167 Å². The zero-order valence-corrected chi connectivity index (χ0v) is 17.8. The molecule has 0 saturated carbocycles. The first-order valence-electron chi connectivity index (χ1n) is 8.97. The molecule has 6 nitrogen and oxygen atoms in total. The fourth-order valence-electron chi connectivity index (χ4n) is 3.60. The molecule has 4 rings (SSSR count). The van der Waals surface area contributed by atoms with Crippen molar-refractivity contribution in [2.45, 2.75) is 43.7 Å². The van der Waals surface area contributed by atoms with Crippen LogP contribution in [-0.4, -0.2) is 18.6 Å². The van der Waals surface area contributed by atoms with Gasteiger partial charge in [-0.15, -0.1) is 0 Å². The van der Waals surface area contributed by atoms with Crippen molar-refractivity contribution in [3.05, 3.63) is 57.2 Å². The summed E-state index contributed by atoms with van der Waals surface area (Å²) >= 11 is 1.04. The summed E-state index contributed by atoms with van der Waals surface area (Å²) in [6, 6.07) is 10.2. The van der Waals surface area contributed by atoms with Crippen molar-refractivity contribution in [2.75, 3.05) is 0 Å². The number of hydrogen-bond donors (Lipinski definition) is 1. The van der Waals surface area contributed by atoms with Crippen molar-refractivity contribution >= 4 is 31.6 Å². The van der Waals surface area contributed by atoms with Crippen molar-refractivity contribution in [3.63, 3.8) is 0 Å². The molecule has 0 bridgehead atoms. The van der Waals surface area contributed by atoms with Crippen LogP contribution in [0.15, 0.2) is 46.1 Å². The number of thiazole rings is 1. The molecule has 0 amide bonds. The molecule has 1 aliphatic rings. The summed E-state index contributed by atoms with van der Waals surface area (Å²) in [5.41, 5.74) is 2.13. The molecule has 8 heteroatoms. The lowest BCUT2D eigenvalue weighted by molar-refractivity contribution is 0.0701. The Hall–Kier alpha value is -2.16. The van der Waals surface area contributed by atoms with Crippen LogP contribution in [0.25, 0.3) is 10.2 Å². The second kappa shape index (κ2) is 6.43. The Kier molecular flexibility index (Phi) is 4.41. The van der Waals surface area contributed by atoms with E-state index in [1.807, 2.05) is 39.0 Å². The molecular formula is C20H22N2O4S2. The summed E-state index contributed by atoms with van der Waals surface area (Å²) in [4.78, 5) is 11.9. The zero-order valence-electron chi connectivity index (χ0n) is 16.1. The van der Waals surface area contributed by atoms with Crippen LogP contribution in [0.5, 0.6) is 5.75 Å². The lowest BCUT2D eigenvalue weighted by Gasteiger charge is -2.38. The Bertz CT molecular complexity index is 1240. The fourth-order valence-corrected chi connectivity index (χ4v) is 5.84. The third-order valence-corrected chi connectivity index (χ3v) is 7.46. The Balaban J connectivity index is 1.73. The molecule has 1 aromatic heterocycles. The summed E-state index contributed by atoms with van der Waals surface area (Å²) in [5, 5.41) is 0. The number of fused-ring (bicyclic) bond motifs is 2. The van der Waals surface area contributed by atoms with E-state index in [-0.39, 0.29) is 9.77 Å². The molecule has 1 aliphatic heterocycles. The smallest absolute Gasteiger partial charge is 0.307 e. The first-order chi connectivity index (χ1) is 13.1. The number of nitrogens with zero attached hydrogens (tertiary/aromatic N) is 1. The molecule has 1 unspecified atom stereocenters. The minimum absolute atomic E-state index is 0.118. The van der Waals surface area contributed by atoms with E-state index in [9.17, 15) is 13.2 Å². The van der Waals surface area contributed by atoms with Gasteiger partial charge >= 0.3 is 4.87 Å². The number of ether oxygens (including phenoxy) is 1. The molecule has 28 heavy (non-hydrogen) atoms. The van der Waals surface area contributed by atoms with E-state index in [0.717, 1.165) is 28.0 Å². The molecule has 2 aromatic carbocycles. The molecule has 0 saturated heterocycles. The molecule has 148 valence electrons. The van der Waals surface area contributed by atoms with Gasteiger partial charge in [0.25, 0.3) is 0 Å². The summed E-state index contributed by atoms with van der Waals surface area (Å²) in [6.07, 6.45) is 0.517. The Morgan fingerprint density at radius 1 is 1.21 bits per heavy atom. The largest absolute Gasteiger partial charge is 0.487 e. The Morgan fingerprint density at radius 2 is 1.96 bits per heavy atom. The standard InChI is InChI=1S/C20H22N2O4S2/c1-12-5-7-14-15(11-20(2,3)26-17(14)9-12)21-28(24,25)13-6-8-16-18(10-13)27-19(23)22(16)4/h5-10,15,21H,11H2,1-4H3. The predicted molar refractivity (Wildman–Crippen MR) is 111 cm³/mol. The topological polar surface area (TPSA) is 77.4 Å². The van der Waals surface area contributed by atoms with Gasteiger partial charge in [-0.05, 0) is 50.6 Å². The highest BCUT2D eigenvalue weighted by molar-refractivity contribution is 7.89. The molecular weight excluding hydrogens is 396 g/mol. The Morgan fingerprint density at radius 3 is 2.71 bits per heavy atom. The van der Waals surface area contributed by atoms with E-state index >= 15 is 0 Å². The van der Waals surface area contributed by atoms with Crippen LogP contribution in [0, 0.1) is 6.92 Å². The monoisotopic (exact) mass is 418 g/mol. The number of rotatable bonds is 3. The summed E-state index contributed by atoms with van der Waals surface area (Å²) < 4.78 is 37.2. The summed E-state index contributed by atoms with van der Waals surface area (Å²) in [6.45, 7) is 5.88. The van der Waals surface area contributed by atoms with Gasteiger partial charge < -0.3 is 9.30 Å². The number of nitrogens with one attached hydrogen (secondary N) is 1. The van der Waals surface area contributed by atoms with E-state index in [1.54, 1.807) is 19.2 Å². The minimum Gasteiger partial charge on any atom is -0.487 e. The summed E-state index contributed by atoms with van der Waals surface area (Å²) in [5.74, 6) is 0.709. The first kappa shape index (κ1) is 19.2. The molecule has 0 spiro atoms. The maximum Gasteiger partial charge on any atom is 0.307 e. The van der Waals surface area contributed by atoms with Crippen molar-refractivity contribution in [1.82, 2.24) is 9.29 Å². The molecule has 0 fully saturated rings. The number of hydrogen-bond acceptors (Lipinski definition) is 5. The molecule has 0 radical (unpaired) electrons. The number of aromatic nitrogens is 1. The van der Waals surface area contributed by atoms with Gasteiger partial charge in [-0.25, -0.2) is 13.1 Å². The minimum atomic E-state index is -3.77. The highest BCUT2D eigenvalue weighted by Gasteiger charge is 2.36. The quantitative estimate of drug-likeness (QED) is 0.706. The molecule has 0 aliphatic carbocycles. The maximum atomic E-state index is 13.1. The first-order valence-corrected chi connectivity index (χ1v) is 11.3. The maximum absolute atomic E-state index is 13.1. The third kappa shape index (κ3) is 3.36. The zero-order chi connectivity index (χ0) is 20.3. The predicted octanol–water partition coefficient (Wildman–Crippen LogP) is 3.49. The van der Waals surface area contributed by atoms with E-state index in [4.69, 9.17) is 4.74 Å². The molecule has 1 N–H and O–H groups in total. The number of aryl methyl sites for hydroxylation is 2. The molecule has 1 atom stereocenters. The van der Waals surface area contributed by atoms with Crippen molar-refractivity contribution < 1.29 is 13.2 Å². The van der Waals surface area contributed by atoms with Crippen molar-refractivity contribution in [2.24, 2.45) is 7.05 Å². The van der Waals surface area contributed by atoms with Crippen LogP contribution >= 0.6 is 11.3 Å². The lowest BCUT2D eigenvalue weighted by Crippen LogP contribution is -2.41. The highest BCUT2D eigenvalue weighted by atomic mass is 32.2.